The van der Waals surface area contributed by atoms with Crippen molar-refractivity contribution in [3.8, 4) is 0 Å². The molecular weight excluding hydrogens is 555 g/mol. The SMILES string of the molecule is CCCC[C@@H](OC(=O)CCC)P(=O)(O)OC(CCCCNC(=O)OCc1ccccc1)C(=O)N1CCC[C@H]1C(=O)O. The molecule has 12 nitrogen and oxygen atoms in total. The van der Waals surface area contributed by atoms with E-state index in [9.17, 15) is 33.7 Å². The minimum absolute atomic E-state index is 0.00360. The second-order valence-electron chi connectivity index (χ2n) is 10.0. The molecule has 13 heteroatoms. The van der Waals surface area contributed by atoms with Gasteiger partial charge in [-0.05, 0) is 56.9 Å². The van der Waals surface area contributed by atoms with Gasteiger partial charge in [0, 0.05) is 19.5 Å². The van der Waals surface area contributed by atoms with Crippen molar-refractivity contribution in [1.82, 2.24) is 10.2 Å². The van der Waals surface area contributed by atoms with Crippen LogP contribution in [-0.2, 0) is 39.6 Å². The summed E-state index contributed by atoms with van der Waals surface area (Å²) < 4.78 is 29.4. The van der Waals surface area contributed by atoms with E-state index in [0.717, 1.165) is 10.5 Å². The van der Waals surface area contributed by atoms with Crippen LogP contribution in [0.1, 0.15) is 83.6 Å². The molecule has 1 aliphatic heterocycles. The van der Waals surface area contributed by atoms with Crippen LogP contribution in [0, 0.1) is 0 Å². The zero-order valence-corrected chi connectivity index (χ0v) is 24.8. The van der Waals surface area contributed by atoms with Crippen molar-refractivity contribution in [3.63, 3.8) is 0 Å². The van der Waals surface area contributed by atoms with E-state index in [1.54, 1.807) is 6.92 Å². The zero-order chi connectivity index (χ0) is 30.3. The normalized spacial score (nSPS) is 17.7. The Labute approximate surface area is 241 Å². The number of nitrogens with zero attached hydrogens (tertiary/aromatic N) is 1. The molecule has 0 aromatic heterocycles. The lowest BCUT2D eigenvalue weighted by atomic mass is 10.1. The molecule has 1 saturated heterocycles. The van der Waals surface area contributed by atoms with Crippen LogP contribution in [0.4, 0.5) is 4.79 Å². The Kier molecular flexibility index (Phi) is 14.8. The first-order valence-electron chi connectivity index (χ1n) is 14.3. The molecule has 1 aromatic rings. The predicted octanol–water partition coefficient (Wildman–Crippen LogP) is 4.59. The Morgan fingerprint density at radius 3 is 2.46 bits per heavy atom. The number of carbonyl (C=O) groups excluding carboxylic acids is 3. The van der Waals surface area contributed by atoms with Crippen LogP contribution in [0.15, 0.2) is 30.3 Å². The Morgan fingerprint density at radius 1 is 1.07 bits per heavy atom. The number of alkyl carbamates (subject to hydrolysis) is 1. The fourth-order valence-electron chi connectivity index (χ4n) is 4.45. The van der Waals surface area contributed by atoms with Gasteiger partial charge in [0.15, 0.2) is 0 Å². The number of esters is 1. The number of benzene rings is 1. The number of carboxylic acids is 1. The van der Waals surface area contributed by atoms with Crippen molar-refractivity contribution < 1.29 is 47.7 Å². The summed E-state index contributed by atoms with van der Waals surface area (Å²) in [5, 5.41) is 12.2. The van der Waals surface area contributed by atoms with Crippen LogP contribution in [-0.4, -0.2) is 69.9 Å². The molecule has 0 aliphatic carbocycles. The minimum atomic E-state index is -4.64. The first-order chi connectivity index (χ1) is 19.6. The van der Waals surface area contributed by atoms with E-state index in [4.69, 9.17) is 14.0 Å². The topological polar surface area (TPSA) is 169 Å². The Balaban J connectivity index is 2.03. The second-order valence-corrected chi connectivity index (χ2v) is 11.9. The fourth-order valence-corrected chi connectivity index (χ4v) is 5.90. The van der Waals surface area contributed by atoms with Gasteiger partial charge in [-0.3, -0.25) is 18.7 Å². The van der Waals surface area contributed by atoms with E-state index in [-0.39, 0.29) is 45.4 Å². The first kappa shape index (κ1) is 34.3. The van der Waals surface area contributed by atoms with Gasteiger partial charge < -0.3 is 29.7 Å². The lowest BCUT2D eigenvalue weighted by molar-refractivity contribution is -0.152. The van der Waals surface area contributed by atoms with Gasteiger partial charge in [-0.25, -0.2) is 9.59 Å². The summed E-state index contributed by atoms with van der Waals surface area (Å²) in [7, 11) is -4.64. The van der Waals surface area contributed by atoms with Crippen molar-refractivity contribution in [2.75, 3.05) is 13.1 Å². The van der Waals surface area contributed by atoms with Gasteiger partial charge in [0.25, 0.3) is 5.91 Å². The van der Waals surface area contributed by atoms with E-state index < -0.39 is 49.5 Å². The van der Waals surface area contributed by atoms with Gasteiger partial charge in [-0.15, -0.1) is 0 Å². The Bertz CT molecular complexity index is 1040. The molecule has 1 fully saturated rings. The summed E-state index contributed by atoms with van der Waals surface area (Å²) in [6, 6.07) is 8.14. The van der Waals surface area contributed by atoms with Gasteiger partial charge in [0.2, 0.25) is 5.85 Å². The van der Waals surface area contributed by atoms with Crippen LogP contribution in [0.5, 0.6) is 0 Å². The number of amides is 2. The number of unbranched alkanes of at least 4 members (excludes halogenated alkanes) is 2. The molecule has 2 amide bonds. The standard InChI is InChI=1S/C28H43N2O10P/c1-3-5-17-25(39-24(31)12-4-2)41(36,37)40-23(26(32)30-19-11-15-22(30)27(33)34)16-9-10-18-29-28(35)38-20-21-13-7-6-8-14-21/h6-8,13-14,22-23,25H,3-5,9-12,15-20H2,1-2H3,(H,29,35)(H,33,34)(H,36,37)/t22-,23?,25-/m0/s1. The number of hydrogen-bond donors (Lipinski definition) is 3. The molecule has 4 atom stereocenters. The summed E-state index contributed by atoms with van der Waals surface area (Å²) in [5.41, 5.74) is 0.841. The second kappa shape index (κ2) is 17.8. The smallest absolute Gasteiger partial charge is 0.407 e. The molecule has 0 spiro atoms. The molecule has 230 valence electrons. The summed E-state index contributed by atoms with van der Waals surface area (Å²) >= 11 is 0. The largest absolute Gasteiger partial charge is 0.480 e. The van der Waals surface area contributed by atoms with Crippen molar-refractivity contribution in [2.45, 2.75) is 103 Å². The van der Waals surface area contributed by atoms with Gasteiger partial charge in [0.1, 0.15) is 18.8 Å². The third-order valence-electron chi connectivity index (χ3n) is 6.64. The third-order valence-corrected chi connectivity index (χ3v) is 8.29. The maximum absolute atomic E-state index is 13.4. The van der Waals surface area contributed by atoms with Crippen LogP contribution in [0.2, 0.25) is 0 Å². The number of nitrogens with one attached hydrogen (secondary N) is 1. The fraction of sp³-hybridized carbons (Fsp3) is 0.643. The molecule has 1 heterocycles. The Hall–Kier alpha value is -2.95. The van der Waals surface area contributed by atoms with Gasteiger partial charge >= 0.3 is 25.6 Å². The highest BCUT2D eigenvalue weighted by atomic mass is 31.2. The summed E-state index contributed by atoms with van der Waals surface area (Å²) in [4.78, 5) is 61.3. The number of ether oxygens (including phenoxy) is 2. The molecule has 0 radical (unpaired) electrons. The highest BCUT2D eigenvalue weighted by Gasteiger charge is 2.43. The summed E-state index contributed by atoms with van der Waals surface area (Å²) in [6.45, 7) is 4.18. The number of hydrogen-bond acceptors (Lipinski definition) is 8. The number of carboxylic acid groups (broad SMARTS) is 1. The summed E-state index contributed by atoms with van der Waals surface area (Å²) in [5.74, 6) is -3.93. The molecule has 2 rings (SSSR count). The highest BCUT2D eigenvalue weighted by Crippen LogP contribution is 2.52. The molecular formula is C28H43N2O10P. The van der Waals surface area contributed by atoms with E-state index in [1.807, 2.05) is 37.3 Å². The monoisotopic (exact) mass is 598 g/mol. The number of carbonyl (C=O) groups is 4. The first-order valence-corrected chi connectivity index (χ1v) is 15.9. The van der Waals surface area contributed by atoms with Crippen molar-refractivity contribution in [3.05, 3.63) is 35.9 Å². The van der Waals surface area contributed by atoms with Crippen LogP contribution < -0.4 is 5.32 Å². The minimum Gasteiger partial charge on any atom is -0.480 e. The molecule has 0 saturated carbocycles. The van der Waals surface area contributed by atoms with Crippen LogP contribution in [0.3, 0.4) is 0 Å². The third kappa shape index (κ3) is 11.8. The lowest BCUT2D eigenvalue weighted by Crippen LogP contribution is -2.46. The Morgan fingerprint density at radius 2 is 1.80 bits per heavy atom. The maximum atomic E-state index is 13.4. The van der Waals surface area contributed by atoms with E-state index in [0.29, 0.717) is 38.5 Å². The van der Waals surface area contributed by atoms with Gasteiger partial charge in [-0.1, -0.05) is 50.6 Å². The quantitative estimate of drug-likeness (QED) is 0.123. The number of aliphatic carboxylic acids is 1. The van der Waals surface area contributed by atoms with E-state index in [2.05, 4.69) is 5.32 Å². The van der Waals surface area contributed by atoms with E-state index >= 15 is 0 Å². The lowest BCUT2D eigenvalue weighted by Gasteiger charge is -2.30. The number of rotatable bonds is 18. The molecule has 0 bridgehead atoms. The van der Waals surface area contributed by atoms with E-state index in [1.165, 1.54) is 0 Å². The zero-order valence-electron chi connectivity index (χ0n) is 23.9. The molecule has 1 aliphatic rings. The molecule has 3 N–H and O–H groups in total. The van der Waals surface area contributed by atoms with Gasteiger partial charge in [-0.2, -0.15) is 0 Å². The van der Waals surface area contributed by atoms with Crippen LogP contribution >= 0.6 is 7.60 Å². The molecule has 41 heavy (non-hydrogen) atoms. The highest BCUT2D eigenvalue weighted by molar-refractivity contribution is 7.53. The van der Waals surface area contributed by atoms with Gasteiger partial charge in [0.05, 0.1) is 0 Å². The predicted molar refractivity (Wildman–Crippen MR) is 150 cm³/mol. The average Bonchev–Trinajstić information content (AvgIpc) is 3.44. The van der Waals surface area contributed by atoms with Crippen LogP contribution in [0.25, 0.3) is 0 Å². The summed E-state index contributed by atoms with van der Waals surface area (Å²) in [6.07, 6.45) is 1.25. The number of likely N-dealkylation sites (tertiary alicyclic amines) is 1. The molecule has 2 unspecified atom stereocenters. The van der Waals surface area contributed by atoms with Crippen molar-refractivity contribution in [1.29, 1.82) is 0 Å². The van der Waals surface area contributed by atoms with Crippen molar-refractivity contribution in [2.24, 2.45) is 0 Å². The maximum Gasteiger partial charge on any atom is 0.407 e. The van der Waals surface area contributed by atoms with Crippen molar-refractivity contribution >= 4 is 31.5 Å². The average molecular weight is 599 g/mol. The molecule has 1 aromatic carbocycles.